The Balaban J connectivity index is 1.50. The summed E-state index contributed by atoms with van der Waals surface area (Å²) in [6.45, 7) is 4.31. The van der Waals surface area contributed by atoms with E-state index in [1.165, 1.54) is 25.9 Å². The van der Waals surface area contributed by atoms with Gasteiger partial charge in [-0.15, -0.1) is 0 Å². The van der Waals surface area contributed by atoms with Gasteiger partial charge >= 0.3 is 0 Å². The summed E-state index contributed by atoms with van der Waals surface area (Å²) in [7, 11) is 0. The zero-order valence-electron chi connectivity index (χ0n) is 12.7. The van der Waals surface area contributed by atoms with Crippen LogP contribution >= 0.6 is 11.3 Å². The molecule has 8 heteroatoms. The molecule has 1 saturated heterocycles. The average Bonchev–Trinajstić information content (AvgIpc) is 3.29. The van der Waals surface area contributed by atoms with Gasteiger partial charge in [-0.05, 0) is 37.4 Å². The van der Waals surface area contributed by atoms with Crippen molar-refractivity contribution < 1.29 is 0 Å². The molecular weight excluding hydrogens is 310 g/mol. The maximum absolute atomic E-state index is 4.59. The smallest absolute Gasteiger partial charge is 0.231 e. The Kier molecular flexibility index (Phi) is 4.08. The number of nitrogens with one attached hydrogen (secondary N) is 3. The predicted molar refractivity (Wildman–Crippen MR) is 93.4 cm³/mol. The van der Waals surface area contributed by atoms with E-state index < -0.39 is 0 Å². The summed E-state index contributed by atoms with van der Waals surface area (Å²) >= 11 is 1.64. The van der Waals surface area contributed by atoms with Crippen molar-refractivity contribution in [1.29, 1.82) is 0 Å². The number of fused-ring (bicyclic) bond motifs is 1. The van der Waals surface area contributed by atoms with Gasteiger partial charge < -0.3 is 20.5 Å². The third-order valence-corrected chi connectivity index (χ3v) is 4.67. The van der Waals surface area contributed by atoms with Gasteiger partial charge in [-0.3, -0.25) is 0 Å². The van der Waals surface area contributed by atoms with Crippen LogP contribution in [0.15, 0.2) is 23.2 Å². The molecule has 0 aromatic carbocycles. The molecule has 4 rings (SSSR count). The quantitative estimate of drug-likeness (QED) is 0.645. The molecule has 0 amide bonds. The molecule has 3 aromatic heterocycles. The van der Waals surface area contributed by atoms with Crippen LogP contribution in [0.3, 0.4) is 0 Å². The number of hydrogen-bond acceptors (Lipinski definition) is 7. The van der Waals surface area contributed by atoms with E-state index in [0.717, 1.165) is 30.1 Å². The first-order valence-electron chi connectivity index (χ1n) is 7.85. The van der Waals surface area contributed by atoms with Gasteiger partial charge in [0, 0.05) is 18.5 Å². The number of likely N-dealkylation sites (tertiary alicyclic amines) is 1. The van der Waals surface area contributed by atoms with Crippen molar-refractivity contribution in [2.45, 2.75) is 12.8 Å². The lowest BCUT2D eigenvalue weighted by Gasteiger charge is -2.15. The zero-order chi connectivity index (χ0) is 15.5. The first kappa shape index (κ1) is 14.4. The Morgan fingerprint density at radius 2 is 2.17 bits per heavy atom. The van der Waals surface area contributed by atoms with Crippen LogP contribution in [0, 0.1) is 0 Å². The Labute approximate surface area is 138 Å². The van der Waals surface area contributed by atoms with E-state index in [2.05, 4.69) is 35.5 Å². The van der Waals surface area contributed by atoms with Crippen molar-refractivity contribution >= 4 is 40.0 Å². The molecule has 23 heavy (non-hydrogen) atoms. The van der Waals surface area contributed by atoms with Crippen LogP contribution in [0.5, 0.6) is 0 Å². The van der Waals surface area contributed by atoms with Gasteiger partial charge in [0.05, 0.1) is 12.0 Å². The third kappa shape index (κ3) is 3.27. The van der Waals surface area contributed by atoms with E-state index in [1.54, 1.807) is 17.7 Å². The van der Waals surface area contributed by atoms with Gasteiger partial charge in [0.15, 0.2) is 11.5 Å². The second-order valence-corrected chi connectivity index (χ2v) is 6.39. The molecule has 1 aliphatic rings. The fourth-order valence-electron chi connectivity index (χ4n) is 2.82. The van der Waals surface area contributed by atoms with Crippen LogP contribution in [0.25, 0.3) is 11.2 Å². The molecule has 3 N–H and O–H groups in total. The molecule has 1 fully saturated rings. The fourth-order valence-corrected chi connectivity index (χ4v) is 3.41. The predicted octanol–water partition coefficient (Wildman–Crippen LogP) is 2.67. The molecular formula is C15H19N7S. The Morgan fingerprint density at radius 3 is 3.00 bits per heavy atom. The summed E-state index contributed by atoms with van der Waals surface area (Å²) in [5, 5.41) is 10.7. The van der Waals surface area contributed by atoms with Crippen LogP contribution in [0.1, 0.15) is 12.8 Å². The van der Waals surface area contributed by atoms with Gasteiger partial charge in [0.2, 0.25) is 5.95 Å². The summed E-state index contributed by atoms with van der Waals surface area (Å²) in [5.41, 5.74) is 2.51. The Morgan fingerprint density at radius 1 is 1.26 bits per heavy atom. The number of anilines is 3. The summed E-state index contributed by atoms with van der Waals surface area (Å²) in [5.74, 6) is 1.36. The van der Waals surface area contributed by atoms with E-state index in [9.17, 15) is 0 Å². The Hall–Kier alpha value is -2.19. The van der Waals surface area contributed by atoms with Crippen molar-refractivity contribution in [3.8, 4) is 0 Å². The number of aromatic nitrogens is 4. The second kappa shape index (κ2) is 6.51. The normalized spacial score (nSPS) is 15.3. The lowest BCUT2D eigenvalue weighted by molar-refractivity contribution is 0.352. The number of H-pyrrole nitrogens is 1. The van der Waals surface area contributed by atoms with Crippen LogP contribution in [0.2, 0.25) is 0 Å². The minimum absolute atomic E-state index is 0.562. The number of aromatic amines is 1. The number of hydrogen-bond donors (Lipinski definition) is 3. The summed E-state index contributed by atoms with van der Waals surface area (Å²) < 4.78 is 0. The minimum atomic E-state index is 0.562. The average molecular weight is 329 g/mol. The van der Waals surface area contributed by atoms with Gasteiger partial charge in [0.1, 0.15) is 5.52 Å². The number of imidazole rings is 1. The molecule has 120 valence electrons. The van der Waals surface area contributed by atoms with Gasteiger partial charge in [0.25, 0.3) is 0 Å². The molecule has 0 aliphatic carbocycles. The first-order chi connectivity index (χ1) is 11.4. The standard InChI is InChI=1S/C15H19N7S/c1-2-6-22(5-1)7-4-16-13-12-14(18-10-17-12)21-15(20-13)19-11-3-8-23-9-11/h3,8-10H,1-2,4-7H2,(H3,16,17,18,19,20,21). The fraction of sp³-hybridized carbons (Fsp3) is 0.400. The van der Waals surface area contributed by atoms with Crippen molar-refractivity contribution in [3.63, 3.8) is 0 Å². The maximum atomic E-state index is 4.59. The molecule has 0 saturated carbocycles. The SMILES string of the molecule is c1nc2nc(Nc3ccsc3)nc(NCCN3CCCC3)c2[nH]1. The molecule has 7 nitrogen and oxygen atoms in total. The molecule has 3 aromatic rings. The minimum Gasteiger partial charge on any atom is -0.367 e. The molecule has 4 heterocycles. The van der Waals surface area contributed by atoms with Gasteiger partial charge in [-0.25, -0.2) is 4.98 Å². The van der Waals surface area contributed by atoms with Crippen LogP contribution in [-0.4, -0.2) is 51.0 Å². The Bertz CT molecular complexity index is 761. The highest BCUT2D eigenvalue weighted by Gasteiger charge is 2.13. The molecule has 0 atom stereocenters. The van der Waals surface area contributed by atoms with Crippen molar-refractivity contribution in [3.05, 3.63) is 23.2 Å². The topological polar surface area (TPSA) is 81.8 Å². The second-order valence-electron chi connectivity index (χ2n) is 5.61. The van der Waals surface area contributed by atoms with E-state index >= 15 is 0 Å². The van der Waals surface area contributed by atoms with Crippen LogP contribution < -0.4 is 10.6 Å². The lowest BCUT2D eigenvalue weighted by Crippen LogP contribution is -2.26. The van der Waals surface area contributed by atoms with Gasteiger partial charge in [-0.1, -0.05) is 0 Å². The van der Waals surface area contributed by atoms with E-state index in [-0.39, 0.29) is 0 Å². The van der Waals surface area contributed by atoms with Crippen LogP contribution in [0.4, 0.5) is 17.5 Å². The highest BCUT2D eigenvalue weighted by atomic mass is 32.1. The van der Waals surface area contributed by atoms with Gasteiger partial charge in [-0.2, -0.15) is 21.3 Å². The molecule has 0 spiro atoms. The van der Waals surface area contributed by atoms with Crippen LogP contribution in [-0.2, 0) is 0 Å². The molecule has 1 aliphatic heterocycles. The zero-order valence-corrected chi connectivity index (χ0v) is 13.6. The number of rotatable bonds is 6. The molecule has 0 bridgehead atoms. The maximum Gasteiger partial charge on any atom is 0.231 e. The largest absolute Gasteiger partial charge is 0.367 e. The highest BCUT2D eigenvalue weighted by Crippen LogP contribution is 2.22. The summed E-state index contributed by atoms with van der Waals surface area (Å²) in [4.78, 5) is 18.9. The molecule has 0 unspecified atom stereocenters. The van der Waals surface area contributed by atoms with E-state index in [1.807, 2.05) is 16.8 Å². The summed E-state index contributed by atoms with van der Waals surface area (Å²) in [6.07, 6.45) is 4.28. The lowest BCUT2D eigenvalue weighted by atomic mass is 10.4. The van der Waals surface area contributed by atoms with E-state index in [0.29, 0.717) is 11.6 Å². The van der Waals surface area contributed by atoms with E-state index in [4.69, 9.17) is 0 Å². The van der Waals surface area contributed by atoms with Crippen molar-refractivity contribution in [2.75, 3.05) is 36.8 Å². The summed E-state index contributed by atoms with van der Waals surface area (Å²) in [6, 6.07) is 2.00. The highest BCUT2D eigenvalue weighted by molar-refractivity contribution is 7.08. The number of nitrogens with zero attached hydrogens (tertiary/aromatic N) is 4. The first-order valence-corrected chi connectivity index (χ1v) is 8.79. The molecule has 0 radical (unpaired) electrons. The van der Waals surface area contributed by atoms with Crippen molar-refractivity contribution in [1.82, 2.24) is 24.8 Å². The third-order valence-electron chi connectivity index (χ3n) is 3.98. The number of thiophene rings is 1. The monoisotopic (exact) mass is 329 g/mol. The van der Waals surface area contributed by atoms with Crippen molar-refractivity contribution in [2.24, 2.45) is 0 Å².